The molecule has 2 aromatic rings. The molecule has 0 saturated carbocycles. The van der Waals surface area contributed by atoms with E-state index < -0.39 is 5.82 Å². The highest BCUT2D eigenvalue weighted by Crippen LogP contribution is 2.24. The predicted octanol–water partition coefficient (Wildman–Crippen LogP) is 2.78. The molecule has 0 fully saturated rings. The molecule has 1 heterocycles. The zero-order valence-corrected chi connectivity index (χ0v) is 10.1. The first-order valence-corrected chi connectivity index (χ1v) is 5.78. The van der Waals surface area contributed by atoms with Crippen molar-refractivity contribution in [3.05, 3.63) is 59.7 Å². The van der Waals surface area contributed by atoms with Crippen LogP contribution in [0.2, 0.25) is 0 Å². The quantitative estimate of drug-likeness (QED) is 0.872. The Balaban J connectivity index is 2.01. The van der Waals surface area contributed by atoms with Gasteiger partial charge in [-0.25, -0.2) is 4.39 Å². The van der Waals surface area contributed by atoms with E-state index in [4.69, 9.17) is 0 Å². The fourth-order valence-electron chi connectivity index (χ4n) is 1.75. The first-order valence-electron chi connectivity index (χ1n) is 5.78. The van der Waals surface area contributed by atoms with Gasteiger partial charge in [0.05, 0.1) is 5.69 Å². The lowest BCUT2D eigenvalue weighted by Crippen LogP contribution is -2.18. The number of aromatic hydroxyl groups is 1. The normalized spacial score (nSPS) is 12.3. The van der Waals surface area contributed by atoms with Gasteiger partial charge in [-0.1, -0.05) is 12.1 Å². The van der Waals surface area contributed by atoms with Crippen molar-refractivity contribution in [3.63, 3.8) is 0 Å². The Bertz CT molecular complexity index is 516. The lowest BCUT2D eigenvalue weighted by molar-refractivity contribution is 0.446. The summed E-state index contributed by atoms with van der Waals surface area (Å²) in [5.74, 6) is -0.468. The highest BCUT2D eigenvalue weighted by molar-refractivity contribution is 5.34. The fourth-order valence-corrected chi connectivity index (χ4v) is 1.75. The molecular formula is C14H15FN2O. The summed E-state index contributed by atoms with van der Waals surface area (Å²) in [6.07, 6.45) is 1.73. The van der Waals surface area contributed by atoms with E-state index in [1.54, 1.807) is 12.3 Å². The van der Waals surface area contributed by atoms with Crippen LogP contribution < -0.4 is 5.32 Å². The Morgan fingerprint density at radius 2 is 2.17 bits per heavy atom. The van der Waals surface area contributed by atoms with Gasteiger partial charge in [-0.15, -0.1) is 0 Å². The van der Waals surface area contributed by atoms with Crippen molar-refractivity contribution in [2.75, 3.05) is 0 Å². The maximum atomic E-state index is 12.9. The number of phenols is 1. The van der Waals surface area contributed by atoms with Gasteiger partial charge in [0.25, 0.3) is 0 Å². The SMILES string of the molecule is CC(NCc1ccccn1)c1ccc(F)cc1O. The van der Waals surface area contributed by atoms with Crippen molar-refractivity contribution in [1.82, 2.24) is 10.3 Å². The topological polar surface area (TPSA) is 45.2 Å². The molecule has 0 aliphatic carbocycles. The molecule has 4 heteroatoms. The van der Waals surface area contributed by atoms with E-state index in [0.29, 0.717) is 12.1 Å². The summed E-state index contributed by atoms with van der Waals surface area (Å²) in [5, 5.41) is 12.9. The molecular weight excluding hydrogens is 231 g/mol. The van der Waals surface area contributed by atoms with Crippen LogP contribution >= 0.6 is 0 Å². The highest BCUT2D eigenvalue weighted by atomic mass is 19.1. The van der Waals surface area contributed by atoms with Gasteiger partial charge >= 0.3 is 0 Å². The Labute approximate surface area is 105 Å². The maximum absolute atomic E-state index is 12.9. The average Bonchev–Trinajstić information content (AvgIpc) is 2.37. The maximum Gasteiger partial charge on any atom is 0.126 e. The number of phenolic OH excluding ortho intramolecular Hbond substituents is 1. The van der Waals surface area contributed by atoms with Gasteiger partial charge < -0.3 is 10.4 Å². The van der Waals surface area contributed by atoms with Crippen LogP contribution in [0.25, 0.3) is 0 Å². The first kappa shape index (κ1) is 12.5. The summed E-state index contributed by atoms with van der Waals surface area (Å²) in [6, 6.07) is 9.67. The van der Waals surface area contributed by atoms with E-state index in [1.165, 1.54) is 6.07 Å². The molecule has 1 unspecified atom stereocenters. The molecule has 0 aliphatic heterocycles. The van der Waals surface area contributed by atoms with E-state index in [2.05, 4.69) is 10.3 Å². The lowest BCUT2D eigenvalue weighted by atomic mass is 10.1. The molecule has 1 aromatic heterocycles. The number of hydrogen-bond acceptors (Lipinski definition) is 3. The largest absolute Gasteiger partial charge is 0.508 e. The van der Waals surface area contributed by atoms with Gasteiger partial charge in [0, 0.05) is 30.4 Å². The van der Waals surface area contributed by atoms with Crippen LogP contribution in [0.3, 0.4) is 0 Å². The molecule has 1 aromatic carbocycles. The van der Waals surface area contributed by atoms with Crippen molar-refractivity contribution in [2.45, 2.75) is 19.5 Å². The molecule has 18 heavy (non-hydrogen) atoms. The molecule has 0 aliphatic rings. The zero-order valence-electron chi connectivity index (χ0n) is 10.1. The lowest BCUT2D eigenvalue weighted by Gasteiger charge is -2.15. The molecule has 0 radical (unpaired) electrons. The standard InChI is InChI=1S/C14H15FN2O/c1-10(13-6-5-11(15)8-14(13)18)17-9-12-4-2-3-7-16-12/h2-8,10,17-18H,9H2,1H3. The van der Waals surface area contributed by atoms with E-state index in [-0.39, 0.29) is 11.8 Å². The van der Waals surface area contributed by atoms with Gasteiger partial charge in [-0.3, -0.25) is 4.98 Å². The van der Waals surface area contributed by atoms with Gasteiger partial charge in [0.15, 0.2) is 0 Å². The van der Waals surface area contributed by atoms with Crippen LogP contribution in [0.1, 0.15) is 24.2 Å². The average molecular weight is 246 g/mol. The Morgan fingerprint density at radius 3 is 2.83 bits per heavy atom. The van der Waals surface area contributed by atoms with Gasteiger partial charge in [-0.2, -0.15) is 0 Å². The van der Waals surface area contributed by atoms with E-state index in [0.717, 1.165) is 11.8 Å². The van der Waals surface area contributed by atoms with Gasteiger partial charge in [-0.05, 0) is 25.1 Å². The van der Waals surface area contributed by atoms with Crippen LogP contribution in [0.5, 0.6) is 5.75 Å². The number of halogens is 1. The molecule has 3 nitrogen and oxygen atoms in total. The minimum Gasteiger partial charge on any atom is -0.508 e. The molecule has 0 amide bonds. The fraction of sp³-hybridized carbons (Fsp3) is 0.214. The van der Waals surface area contributed by atoms with Crippen molar-refractivity contribution >= 4 is 0 Å². The predicted molar refractivity (Wildman–Crippen MR) is 67.6 cm³/mol. The monoisotopic (exact) mass is 246 g/mol. The van der Waals surface area contributed by atoms with Crippen LogP contribution in [-0.2, 0) is 6.54 Å². The summed E-state index contributed by atoms with van der Waals surface area (Å²) in [5.41, 5.74) is 1.60. The van der Waals surface area contributed by atoms with Crippen LogP contribution in [0.15, 0.2) is 42.6 Å². The number of aromatic nitrogens is 1. The number of nitrogens with one attached hydrogen (secondary N) is 1. The third-order valence-corrected chi connectivity index (χ3v) is 2.77. The van der Waals surface area contributed by atoms with Crippen LogP contribution in [-0.4, -0.2) is 10.1 Å². The number of nitrogens with zero attached hydrogens (tertiary/aromatic N) is 1. The Hall–Kier alpha value is -1.94. The third-order valence-electron chi connectivity index (χ3n) is 2.77. The Morgan fingerprint density at radius 1 is 1.33 bits per heavy atom. The molecule has 0 bridgehead atoms. The summed E-state index contributed by atoms with van der Waals surface area (Å²) >= 11 is 0. The number of benzene rings is 1. The first-order chi connectivity index (χ1) is 8.66. The second-order valence-electron chi connectivity index (χ2n) is 4.13. The second kappa shape index (κ2) is 5.60. The summed E-state index contributed by atoms with van der Waals surface area (Å²) in [6.45, 7) is 2.51. The molecule has 0 saturated heterocycles. The van der Waals surface area contributed by atoms with Crippen molar-refractivity contribution in [2.24, 2.45) is 0 Å². The van der Waals surface area contributed by atoms with Crippen molar-refractivity contribution in [1.29, 1.82) is 0 Å². The number of rotatable bonds is 4. The highest BCUT2D eigenvalue weighted by Gasteiger charge is 2.10. The van der Waals surface area contributed by atoms with Gasteiger partial charge in [0.2, 0.25) is 0 Å². The molecule has 1 atom stereocenters. The zero-order chi connectivity index (χ0) is 13.0. The summed E-state index contributed by atoms with van der Waals surface area (Å²) < 4.78 is 12.9. The number of pyridine rings is 1. The second-order valence-corrected chi connectivity index (χ2v) is 4.13. The molecule has 94 valence electrons. The van der Waals surface area contributed by atoms with Gasteiger partial charge in [0.1, 0.15) is 11.6 Å². The number of hydrogen-bond donors (Lipinski definition) is 2. The van der Waals surface area contributed by atoms with Crippen molar-refractivity contribution in [3.8, 4) is 5.75 Å². The van der Waals surface area contributed by atoms with E-state index in [1.807, 2.05) is 25.1 Å². The molecule has 2 N–H and O–H groups in total. The molecule has 0 spiro atoms. The van der Waals surface area contributed by atoms with E-state index >= 15 is 0 Å². The van der Waals surface area contributed by atoms with Crippen LogP contribution in [0.4, 0.5) is 4.39 Å². The smallest absolute Gasteiger partial charge is 0.126 e. The van der Waals surface area contributed by atoms with E-state index in [9.17, 15) is 9.50 Å². The third kappa shape index (κ3) is 3.05. The minimum atomic E-state index is -0.437. The summed E-state index contributed by atoms with van der Waals surface area (Å²) in [7, 11) is 0. The van der Waals surface area contributed by atoms with Crippen molar-refractivity contribution < 1.29 is 9.50 Å². The minimum absolute atomic E-state index is 0.0315. The molecule has 2 rings (SSSR count). The van der Waals surface area contributed by atoms with Crippen LogP contribution in [0, 0.1) is 5.82 Å². The summed E-state index contributed by atoms with van der Waals surface area (Å²) in [4.78, 5) is 4.20. The Kier molecular flexibility index (Phi) is 3.89.